The van der Waals surface area contributed by atoms with Crippen LogP contribution in [-0.4, -0.2) is 17.7 Å². The smallest absolute Gasteiger partial charge is 0.376 e. The summed E-state index contributed by atoms with van der Waals surface area (Å²) in [6.07, 6.45) is -2.07. The Balaban J connectivity index is 3.17. The SMILES string of the molecule is CCOC(CC)C(NN)c1cnccc1C(F)(F)F. The van der Waals surface area contributed by atoms with Gasteiger partial charge in [0.25, 0.3) is 0 Å². The van der Waals surface area contributed by atoms with Crippen LogP contribution in [0.5, 0.6) is 0 Å². The number of nitrogens with two attached hydrogens (primary N) is 1. The molecule has 0 aromatic carbocycles. The number of rotatable bonds is 6. The van der Waals surface area contributed by atoms with Crippen LogP contribution in [0.15, 0.2) is 18.5 Å². The number of pyridine rings is 1. The number of hydrazine groups is 1. The average Bonchev–Trinajstić information content (AvgIpc) is 2.38. The molecule has 2 atom stereocenters. The molecule has 4 nitrogen and oxygen atoms in total. The van der Waals surface area contributed by atoms with E-state index in [2.05, 4.69) is 10.4 Å². The fraction of sp³-hybridized carbons (Fsp3) is 0.583. The fourth-order valence-corrected chi connectivity index (χ4v) is 1.97. The predicted molar refractivity (Wildman–Crippen MR) is 65.0 cm³/mol. The molecule has 0 radical (unpaired) electrons. The number of alkyl halides is 3. The van der Waals surface area contributed by atoms with Crippen molar-refractivity contribution in [2.75, 3.05) is 6.61 Å². The highest BCUT2D eigenvalue weighted by atomic mass is 19.4. The summed E-state index contributed by atoms with van der Waals surface area (Å²) in [5, 5.41) is 0. The highest BCUT2D eigenvalue weighted by molar-refractivity contribution is 5.30. The number of hydrogen-bond acceptors (Lipinski definition) is 4. The van der Waals surface area contributed by atoms with Crippen molar-refractivity contribution in [3.63, 3.8) is 0 Å². The molecule has 1 aromatic rings. The van der Waals surface area contributed by atoms with Gasteiger partial charge in [0.05, 0.1) is 17.7 Å². The van der Waals surface area contributed by atoms with Crippen molar-refractivity contribution < 1.29 is 17.9 Å². The Labute approximate surface area is 110 Å². The Bertz CT molecular complexity index is 398. The van der Waals surface area contributed by atoms with E-state index < -0.39 is 23.9 Å². The Kier molecular flexibility index (Phi) is 5.71. The first-order valence-corrected chi connectivity index (χ1v) is 6.04. The molecule has 3 N–H and O–H groups in total. The van der Waals surface area contributed by atoms with E-state index in [-0.39, 0.29) is 5.56 Å². The second-order valence-electron chi connectivity index (χ2n) is 4.01. The Hall–Kier alpha value is -1.18. The molecular formula is C12H18F3N3O. The minimum atomic E-state index is -4.45. The summed E-state index contributed by atoms with van der Waals surface area (Å²) in [6, 6.07) is 0.188. The van der Waals surface area contributed by atoms with Gasteiger partial charge in [-0.15, -0.1) is 0 Å². The van der Waals surface area contributed by atoms with Gasteiger partial charge in [0, 0.05) is 24.6 Å². The predicted octanol–water partition coefficient (Wildman–Crippen LogP) is 2.42. The molecule has 19 heavy (non-hydrogen) atoms. The zero-order chi connectivity index (χ0) is 14.5. The highest BCUT2D eigenvalue weighted by Crippen LogP contribution is 2.35. The van der Waals surface area contributed by atoms with E-state index in [0.29, 0.717) is 13.0 Å². The first-order valence-electron chi connectivity index (χ1n) is 6.04. The molecule has 1 heterocycles. The van der Waals surface area contributed by atoms with Crippen LogP contribution in [-0.2, 0) is 10.9 Å². The molecule has 0 aliphatic heterocycles. The molecule has 0 amide bonds. The van der Waals surface area contributed by atoms with Crippen LogP contribution in [0.1, 0.15) is 37.4 Å². The molecular weight excluding hydrogens is 259 g/mol. The summed E-state index contributed by atoms with van der Waals surface area (Å²) in [7, 11) is 0. The maximum Gasteiger partial charge on any atom is 0.416 e. The minimum absolute atomic E-state index is 0.00204. The lowest BCUT2D eigenvalue weighted by Gasteiger charge is -2.27. The largest absolute Gasteiger partial charge is 0.416 e. The van der Waals surface area contributed by atoms with E-state index in [4.69, 9.17) is 10.6 Å². The van der Waals surface area contributed by atoms with Crippen molar-refractivity contribution in [3.05, 3.63) is 29.6 Å². The maximum absolute atomic E-state index is 13.0. The second kappa shape index (κ2) is 6.83. The van der Waals surface area contributed by atoms with Gasteiger partial charge >= 0.3 is 6.18 Å². The van der Waals surface area contributed by atoms with Gasteiger partial charge in [-0.1, -0.05) is 6.92 Å². The molecule has 2 unspecified atom stereocenters. The van der Waals surface area contributed by atoms with Crippen molar-refractivity contribution in [2.24, 2.45) is 5.84 Å². The molecule has 1 aromatic heterocycles. The molecule has 1 rings (SSSR count). The Morgan fingerprint density at radius 2 is 2.11 bits per heavy atom. The van der Waals surface area contributed by atoms with E-state index in [0.717, 1.165) is 12.3 Å². The number of aromatic nitrogens is 1. The van der Waals surface area contributed by atoms with E-state index in [9.17, 15) is 13.2 Å². The fourth-order valence-electron chi connectivity index (χ4n) is 1.97. The summed E-state index contributed by atoms with van der Waals surface area (Å²) < 4.78 is 44.3. The lowest BCUT2D eigenvalue weighted by molar-refractivity contribution is -0.139. The van der Waals surface area contributed by atoms with Crippen LogP contribution in [0.3, 0.4) is 0 Å². The molecule has 108 valence electrons. The van der Waals surface area contributed by atoms with Crippen molar-refractivity contribution in [3.8, 4) is 0 Å². The van der Waals surface area contributed by atoms with Gasteiger partial charge in [-0.3, -0.25) is 16.3 Å². The quantitative estimate of drug-likeness (QED) is 0.619. The summed E-state index contributed by atoms with van der Waals surface area (Å²) in [5.74, 6) is 5.40. The van der Waals surface area contributed by atoms with Gasteiger partial charge in [0.2, 0.25) is 0 Å². The van der Waals surface area contributed by atoms with Crippen molar-refractivity contribution in [1.82, 2.24) is 10.4 Å². The topological polar surface area (TPSA) is 60.2 Å². The van der Waals surface area contributed by atoms with Crippen molar-refractivity contribution >= 4 is 0 Å². The molecule has 7 heteroatoms. The molecule has 0 saturated heterocycles. The third-order valence-electron chi connectivity index (χ3n) is 2.83. The Morgan fingerprint density at radius 1 is 1.42 bits per heavy atom. The van der Waals surface area contributed by atoms with E-state index in [1.54, 1.807) is 6.92 Å². The summed E-state index contributed by atoms with van der Waals surface area (Å²) >= 11 is 0. The molecule has 0 bridgehead atoms. The third-order valence-corrected chi connectivity index (χ3v) is 2.83. The standard InChI is InChI=1S/C12H18F3N3O/c1-3-10(19-4-2)11(18-16)8-7-17-6-5-9(8)12(13,14)15/h5-7,10-11,18H,3-4,16H2,1-2H3. The lowest BCUT2D eigenvalue weighted by Crippen LogP contribution is -2.39. The van der Waals surface area contributed by atoms with Gasteiger partial charge in [0.1, 0.15) is 0 Å². The van der Waals surface area contributed by atoms with Crippen LogP contribution < -0.4 is 11.3 Å². The van der Waals surface area contributed by atoms with Gasteiger partial charge in [-0.25, -0.2) is 0 Å². The maximum atomic E-state index is 13.0. The van der Waals surface area contributed by atoms with Gasteiger partial charge in [-0.2, -0.15) is 13.2 Å². The molecule has 0 saturated carbocycles. The van der Waals surface area contributed by atoms with Crippen LogP contribution in [0.4, 0.5) is 13.2 Å². The van der Waals surface area contributed by atoms with Crippen LogP contribution in [0, 0.1) is 0 Å². The van der Waals surface area contributed by atoms with E-state index in [1.807, 2.05) is 6.92 Å². The van der Waals surface area contributed by atoms with E-state index in [1.165, 1.54) is 6.20 Å². The second-order valence-corrected chi connectivity index (χ2v) is 4.01. The number of nitrogens with zero attached hydrogens (tertiary/aromatic N) is 1. The lowest BCUT2D eigenvalue weighted by atomic mass is 9.97. The number of nitrogens with one attached hydrogen (secondary N) is 1. The summed E-state index contributed by atoms with van der Waals surface area (Å²) in [5.41, 5.74) is 1.65. The van der Waals surface area contributed by atoms with Crippen molar-refractivity contribution in [1.29, 1.82) is 0 Å². The summed E-state index contributed by atoms with van der Waals surface area (Å²) in [4.78, 5) is 3.75. The third kappa shape index (κ3) is 3.89. The number of hydrogen-bond donors (Lipinski definition) is 2. The minimum Gasteiger partial charge on any atom is -0.376 e. The first-order chi connectivity index (χ1) is 8.95. The Morgan fingerprint density at radius 3 is 2.58 bits per heavy atom. The molecule has 0 aliphatic rings. The molecule has 0 aliphatic carbocycles. The van der Waals surface area contributed by atoms with Crippen LogP contribution in [0.2, 0.25) is 0 Å². The van der Waals surface area contributed by atoms with Gasteiger partial charge < -0.3 is 4.74 Å². The molecule has 0 fully saturated rings. The van der Waals surface area contributed by atoms with Crippen LogP contribution in [0.25, 0.3) is 0 Å². The van der Waals surface area contributed by atoms with Gasteiger partial charge in [-0.05, 0) is 19.4 Å². The normalized spacial score (nSPS) is 15.3. The number of ether oxygens (including phenoxy) is 1. The zero-order valence-electron chi connectivity index (χ0n) is 10.9. The van der Waals surface area contributed by atoms with Crippen molar-refractivity contribution in [2.45, 2.75) is 38.6 Å². The monoisotopic (exact) mass is 277 g/mol. The van der Waals surface area contributed by atoms with Gasteiger partial charge in [0.15, 0.2) is 0 Å². The van der Waals surface area contributed by atoms with Crippen LogP contribution >= 0.6 is 0 Å². The molecule has 0 spiro atoms. The number of halogens is 3. The zero-order valence-corrected chi connectivity index (χ0v) is 10.9. The summed E-state index contributed by atoms with van der Waals surface area (Å²) in [6.45, 7) is 4.01. The van der Waals surface area contributed by atoms with E-state index >= 15 is 0 Å². The average molecular weight is 277 g/mol. The highest BCUT2D eigenvalue weighted by Gasteiger charge is 2.36. The first kappa shape index (κ1) is 15.9.